The van der Waals surface area contributed by atoms with Crippen molar-refractivity contribution in [1.29, 1.82) is 0 Å². The van der Waals surface area contributed by atoms with Crippen molar-refractivity contribution >= 4 is 59.0 Å². The second-order valence-electron chi connectivity index (χ2n) is 15.7. The number of aryl methyl sites for hydroxylation is 1. The first-order valence-electron chi connectivity index (χ1n) is 21.6. The van der Waals surface area contributed by atoms with Crippen molar-refractivity contribution in [1.82, 2.24) is 26.3 Å². The van der Waals surface area contributed by atoms with E-state index in [1.807, 2.05) is 51.1 Å². The first-order chi connectivity index (χ1) is 31.3. The van der Waals surface area contributed by atoms with Crippen LogP contribution in [0.2, 0.25) is 0 Å². The smallest absolute Gasteiger partial charge is 0.328 e. The minimum atomic E-state index is -1.31. The van der Waals surface area contributed by atoms with Crippen molar-refractivity contribution in [2.45, 2.75) is 83.8 Å². The molecule has 0 bridgehead atoms. The van der Waals surface area contributed by atoms with Crippen LogP contribution in [0.1, 0.15) is 68.2 Å². The van der Waals surface area contributed by atoms with Gasteiger partial charge >= 0.3 is 18.0 Å². The number of nitrogens with one attached hydrogen (secondary N) is 6. The van der Waals surface area contributed by atoms with Gasteiger partial charge in [0.15, 0.2) is 0 Å². The molecule has 16 nitrogen and oxygen atoms in total. The summed E-state index contributed by atoms with van der Waals surface area (Å²) in [6.07, 6.45) is 6.82. The van der Waals surface area contributed by atoms with Gasteiger partial charge in [0.25, 0.3) is 0 Å². The third kappa shape index (κ3) is 18.9. The number of amides is 6. The normalized spacial score (nSPS) is 12.3. The summed E-state index contributed by atoms with van der Waals surface area (Å²) in [5.74, 6) is -3.49. The zero-order chi connectivity index (χ0) is 47.0. The molecule has 3 aromatic carbocycles. The number of aromatic nitrogens is 1. The van der Waals surface area contributed by atoms with Gasteiger partial charge in [-0.05, 0) is 91.1 Å². The molecule has 16 heteroatoms. The van der Waals surface area contributed by atoms with Gasteiger partial charge in [0.1, 0.15) is 18.1 Å². The van der Waals surface area contributed by atoms with E-state index in [9.17, 15) is 33.6 Å². The zero-order valence-electron chi connectivity index (χ0n) is 37.3. The Morgan fingerprint density at radius 2 is 1.42 bits per heavy atom. The van der Waals surface area contributed by atoms with Crippen LogP contribution < -0.4 is 31.9 Å². The van der Waals surface area contributed by atoms with Gasteiger partial charge < -0.3 is 41.4 Å². The lowest BCUT2D eigenvalue weighted by Gasteiger charge is -2.25. The quantitative estimate of drug-likeness (QED) is 0.0298. The maximum absolute atomic E-state index is 14.1. The number of benzene rings is 3. The van der Waals surface area contributed by atoms with Crippen LogP contribution in [0, 0.1) is 12.8 Å². The molecule has 1 heterocycles. The minimum Gasteiger partial charge on any atom is -0.469 e. The topological polar surface area (TPSA) is 223 Å². The second-order valence-corrected chi connectivity index (χ2v) is 15.7. The molecule has 344 valence electrons. The average molecular weight is 890 g/mol. The van der Waals surface area contributed by atoms with Gasteiger partial charge in [0.2, 0.25) is 23.6 Å². The molecule has 6 amide bonds. The number of carbonyl (C=O) groups is 7. The Hall–Kier alpha value is -7.36. The molecular weight excluding hydrogens is 831 g/mol. The number of hydrogen-bond donors (Lipinski definition) is 6. The monoisotopic (exact) mass is 889 g/mol. The number of para-hydroxylation sites is 1. The highest BCUT2D eigenvalue weighted by Gasteiger charge is 2.31. The summed E-state index contributed by atoms with van der Waals surface area (Å²) in [6, 6.07) is 22.6. The lowest BCUT2D eigenvalue weighted by Crippen LogP contribution is -2.56. The van der Waals surface area contributed by atoms with E-state index in [4.69, 9.17) is 9.47 Å². The van der Waals surface area contributed by atoms with Crippen LogP contribution in [-0.2, 0) is 51.1 Å². The van der Waals surface area contributed by atoms with Gasteiger partial charge in [-0.2, -0.15) is 0 Å². The maximum Gasteiger partial charge on any atom is 0.328 e. The number of carbonyl (C=O) groups excluding carboxylic acids is 7. The number of methoxy groups -OCH3 is 1. The number of nitrogens with zero attached hydrogens (tertiary/aromatic N) is 1. The maximum atomic E-state index is 14.1. The van der Waals surface area contributed by atoms with E-state index in [0.29, 0.717) is 29.8 Å². The fraction of sp³-hybridized carbons (Fsp3) is 0.347. The van der Waals surface area contributed by atoms with Crippen molar-refractivity contribution in [2.24, 2.45) is 5.92 Å². The number of urea groups is 1. The van der Waals surface area contributed by atoms with Crippen molar-refractivity contribution in [3.8, 4) is 0 Å². The van der Waals surface area contributed by atoms with Crippen LogP contribution in [0.3, 0.4) is 0 Å². The predicted molar refractivity (Wildman–Crippen MR) is 247 cm³/mol. The summed E-state index contributed by atoms with van der Waals surface area (Å²) in [5, 5.41) is 16.6. The van der Waals surface area contributed by atoms with Crippen molar-refractivity contribution in [2.75, 3.05) is 30.9 Å². The largest absolute Gasteiger partial charge is 0.469 e. The van der Waals surface area contributed by atoms with Crippen molar-refractivity contribution in [3.63, 3.8) is 0 Å². The lowest BCUT2D eigenvalue weighted by atomic mass is 10.0. The molecule has 0 fully saturated rings. The molecule has 0 aliphatic carbocycles. The highest BCUT2D eigenvalue weighted by Crippen LogP contribution is 2.16. The molecule has 3 atom stereocenters. The molecular formula is C49H59N7O9. The number of esters is 2. The molecule has 0 saturated heterocycles. The van der Waals surface area contributed by atoms with E-state index < -0.39 is 53.8 Å². The van der Waals surface area contributed by atoms with Crippen molar-refractivity contribution in [3.05, 3.63) is 132 Å². The van der Waals surface area contributed by atoms with E-state index in [1.165, 1.54) is 13.2 Å². The number of hydrogen-bond acceptors (Lipinski definition) is 10. The third-order valence-electron chi connectivity index (χ3n) is 9.89. The molecule has 4 rings (SSSR count). The SMILES string of the molecule is COC(=O)CC[C@H](NC(=O)[C@H](CCCCNC(=O)/C=C/c1cccnc1)NC(=O)Cc1ccc(NC(=O)Nc2ccccc2C)cc1)C(=O)N[C@@H](Cc1ccccc1)C(=O)OCC(C)C. The summed E-state index contributed by atoms with van der Waals surface area (Å²) in [6.45, 7) is 6.06. The molecule has 0 unspecified atom stereocenters. The van der Waals surface area contributed by atoms with E-state index >= 15 is 0 Å². The van der Waals surface area contributed by atoms with Gasteiger partial charge in [0, 0.05) is 49.2 Å². The number of ether oxygens (including phenoxy) is 2. The molecule has 4 aromatic rings. The van der Waals surface area contributed by atoms with E-state index in [2.05, 4.69) is 36.9 Å². The number of unbranched alkanes of at least 4 members (excludes halogenated alkanes) is 1. The summed E-state index contributed by atoms with van der Waals surface area (Å²) in [5.41, 5.74) is 4.18. The lowest BCUT2D eigenvalue weighted by molar-refractivity contribution is -0.149. The van der Waals surface area contributed by atoms with E-state index in [0.717, 1.165) is 16.7 Å². The summed E-state index contributed by atoms with van der Waals surface area (Å²) < 4.78 is 10.3. The Morgan fingerprint density at radius 1 is 0.723 bits per heavy atom. The van der Waals surface area contributed by atoms with Crippen LogP contribution in [-0.4, -0.2) is 85.0 Å². The van der Waals surface area contributed by atoms with Gasteiger partial charge in [-0.25, -0.2) is 9.59 Å². The summed E-state index contributed by atoms with van der Waals surface area (Å²) in [4.78, 5) is 96.2. The number of rotatable bonds is 24. The van der Waals surface area contributed by atoms with Gasteiger partial charge in [-0.3, -0.25) is 29.0 Å². The minimum absolute atomic E-state index is 0.0379. The zero-order valence-corrected chi connectivity index (χ0v) is 37.3. The standard InChI is InChI=1S/C49H59N7O9/c1-33(2)32-65-48(62)42(29-35-14-6-5-7-15-35)55-47(61)41(24-26-45(59)64-4)54-46(60)40(18-10-11-28-51-43(57)25-21-37-16-12-27-50-31-37)53-44(58)30-36-19-22-38(23-20-36)52-49(63)56-39-17-9-8-13-34(39)3/h5-9,12-17,19-23,25,27,31,33,40-42H,10-11,18,24,26,28-30,32H2,1-4H3,(H,51,57)(H,53,58)(H,54,60)(H,55,61)(H2,52,56,63)/b25-21+/t40-,41-,42-/m0/s1. The Balaban J connectivity index is 1.46. The Kier molecular flexibility index (Phi) is 20.9. The van der Waals surface area contributed by atoms with Crippen LogP contribution in [0.4, 0.5) is 16.2 Å². The molecule has 1 aromatic heterocycles. The van der Waals surface area contributed by atoms with Crippen LogP contribution in [0.25, 0.3) is 6.08 Å². The third-order valence-corrected chi connectivity index (χ3v) is 9.89. The predicted octanol–water partition coefficient (Wildman–Crippen LogP) is 5.43. The fourth-order valence-corrected chi connectivity index (χ4v) is 6.36. The van der Waals surface area contributed by atoms with Crippen LogP contribution in [0.15, 0.2) is 109 Å². The molecule has 0 spiro atoms. The van der Waals surface area contributed by atoms with E-state index in [1.54, 1.807) is 79.1 Å². The first-order valence-corrected chi connectivity index (χ1v) is 21.6. The van der Waals surface area contributed by atoms with Crippen LogP contribution in [0.5, 0.6) is 0 Å². The Bertz CT molecular complexity index is 2220. The Labute approximate surface area is 379 Å². The van der Waals surface area contributed by atoms with E-state index in [-0.39, 0.29) is 57.1 Å². The van der Waals surface area contributed by atoms with Gasteiger partial charge in [0.05, 0.1) is 20.1 Å². The molecule has 65 heavy (non-hydrogen) atoms. The fourth-order valence-electron chi connectivity index (χ4n) is 6.36. The van der Waals surface area contributed by atoms with Gasteiger partial charge in [-0.15, -0.1) is 0 Å². The highest BCUT2D eigenvalue weighted by atomic mass is 16.5. The highest BCUT2D eigenvalue weighted by molar-refractivity contribution is 6.00. The summed E-state index contributed by atoms with van der Waals surface area (Å²) >= 11 is 0. The second kappa shape index (κ2) is 27.0. The first kappa shape index (κ1) is 50.3. The molecule has 6 N–H and O–H groups in total. The summed E-state index contributed by atoms with van der Waals surface area (Å²) in [7, 11) is 1.20. The molecule has 0 radical (unpaired) electrons. The number of pyridine rings is 1. The molecule has 0 saturated carbocycles. The van der Waals surface area contributed by atoms with Crippen molar-refractivity contribution < 1.29 is 43.0 Å². The molecule has 0 aliphatic rings. The Morgan fingerprint density at radius 3 is 2.09 bits per heavy atom. The average Bonchev–Trinajstić information content (AvgIpc) is 3.29. The molecule has 0 aliphatic heterocycles. The van der Waals surface area contributed by atoms with Gasteiger partial charge in [-0.1, -0.05) is 80.6 Å². The number of anilines is 2. The van der Waals surface area contributed by atoms with Crippen LogP contribution >= 0.6 is 0 Å².